The van der Waals surface area contributed by atoms with E-state index in [1.807, 2.05) is 0 Å². The average Bonchev–Trinajstić information content (AvgIpc) is 2.30. The number of hydrogen-bond donors (Lipinski definition) is 1. The lowest BCUT2D eigenvalue weighted by Crippen LogP contribution is -1.93. The van der Waals surface area contributed by atoms with E-state index in [-0.39, 0.29) is 0 Å². The second-order valence-corrected chi connectivity index (χ2v) is 4.48. The van der Waals surface area contributed by atoms with Crippen LogP contribution in [0.2, 0.25) is 10.0 Å². The number of anilines is 1. The average molecular weight is 284 g/mol. The SMILES string of the molecule is COc1cc(Oc2cc(Cl)cc(Cl)c2)ccc1N. The Morgan fingerprint density at radius 3 is 2.22 bits per heavy atom. The summed E-state index contributed by atoms with van der Waals surface area (Å²) in [5.41, 5.74) is 6.27. The van der Waals surface area contributed by atoms with Crippen molar-refractivity contribution in [2.24, 2.45) is 0 Å². The number of halogens is 2. The van der Waals surface area contributed by atoms with E-state index in [1.54, 1.807) is 43.5 Å². The quantitative estimate of drug-likeness (QED) is 0.851. The van der Waals surface area contributed by atoms with Gasteiger partial charge in [0.15, 0.2) is 0 Å². The summed E-state index contributed by atoms with van der Waals surface area (Å²) in [6, 6.07) is 10.1. The van der Waals surface area contributed by atoms with Crippen molar-refractivity contribution in [2.45, 2.75) is 0 Å². The molecule has 3 nitrogen and oxygen atoms in total. The Labute approximate surface area is 115 Å². The first-order valence-corrected chi connectivity index (χ1v) is 5.91. The predicted molar refractivity (Wildman–Crippen MR) is 73.9 cm³/mol. The van der Waals surface area contributed by atoms with Gasteiger partial charge in [-0.25, -0.2) is 0 Å². The number of ether oxygens (including phenoxy) is 2. The maximum absolute atomic E-state index is 5.89. The Bertz CT molecular complexity index is 553. The fourth-order valence-corrected chi connectivity index (χ4v) is 1.98. The van der Waals surface area contributed by atoms with Crippen molar-refractivity contribution in [1.82, 2.24) is 0 Å². The summed E-state index contributed by atoms with van der Waals surface area (Å²) in [5.74, 6) is 1.71. The molecule has 0 bridgehead atoms. The van der Waals surface area contributed by atoms with E-state index in [9.17, 15) is 0 Å². The normalized spacial score (nSPS) is 10.2. The minimum atomic E-state index is 0.514. The molecule has 0 heterocycles. The zero-order valence-electron chi connectivity index (χ0n) is 9.61. The molecule has 0 radical (unpaired) electrons. The minimum absolute atomic E-state index is 0.514. The molecule has 0 aliphatic heterocycles. The highest BCUT2D eigenvalue weighted by atomic mass is 35.5. The Hall–Kier alpha value is -1.58. The summed E-state index contributed by atoms with van der Waals surface area (Å²) < 4.78 is 10.7. The van der Waals surface area contributed by atoms with Crippen LogP contribution in [0.25, 0.3) is 0 Å². The van der Waals surface area contributed by atoms with Gasteiger partial charge in [0.25, 0.3) is 0 Å². The summed E-state index contributed by atoms with van der Waals surface area (Å²) in [5, 5.41) is 1.03. The summed E-state index contributed by atoms with van der Waals surface area (Å²) in [6.45, 7) is 0. The fourth-order valence-electron chi connectivity index (χ4n) is 1.48. The van der Waals surface area contributed by atoms with Gasteiger partial charge in [-0.1, -0.05) is 23.2 Å². The Morgan fingerprint density at radius 1 is 0.944 bits per heavy atom. The first kappa shape index (κ1) is 12.9. The molecule has 0 aliphatic carbocycles. The van der Waals surface area contributed by atoms with Crippen LogP contribution >= 0.6 is 23.2 Å². The molecule has 0 saturated heterocycles. The highest BCUT2D eigenvalue weighted by Crippen LogP contribution is 2.32. The third kappa shape index (κ3) is 3.00. The molecular formula is C13H11Cl2NO2. The standard InChI is InChI=1S/C13H11Cl2NO2/c1-17-13-7-10(2-3-12(13)16)18-11-5-8(14)4-9(15)6-11/h2-7H,16H2,1H3. The molecule has 2 aromatic rings. The third-order valence-electron chi connectivity index (χ3n) is 2.28. The number of nitrogen functional groups attached to an aromatic ring is 1. The molecule has 2 N–H and O–H groups in total. The molecule has 0 saturated carbocycles. The van der Waals surface area contributed by atoms with Crippen molar-refractivity contribution in [3.63, 3.8) is 0 Å². The first-order valence-electron chi connectivity index (χ1n) is 5.16. The highest BCUT2D eigenvalue weighted by molar-refractivity contribution is 6.34. The number of benzene rings is 2. The maximum atomic E-state index is 5.89. The summed E-state index contributed by atoms with van der Waals surface area (Å²) in [7, 11) is 1.55. The van der Waals surface area contributed by atoms with Crippen LogP contribution < -0.4 is 15.2 Å². The van der Waals surface area contributed by atoms with E-state index in [1.165, 1.54) is 0 Å². The van der Waals surface area contributed by atoms with E-state index < -0.39 is 0 Å². The lowest BCUT2D eigenvalue weighted by Gasteiger charge is -2.09. The van der Waals surface area contributed by atoms with Crippen LogP contribution in [0.4, 0.5) is 5.69 Å². The van der Waals surface area contributed by atoms with Gasteiger partial charge in [0.05, 0.1) is 12.8 Å². The summed E-state index contributed by atoms with van der Waals surface area (Å²) in [6.07, 6.45) is 0. The van der Waals surface area contributed by atoms with Crippen LogP contribution in [-0.4, -0.2) is 7.11 Å². The number of hydrogen-bond acceptors (Lipinski definition) is 3. The molecule has 2 rings (SSSR count). The van der Waals surface area contributed by atoms with Crippen LogP contribution in [0, 0.1) is 0 Å². The fraction of sp³-hybridized carbons (Fsp3) is 0.0769. The van der Waals surface area contributed by atoms with Gasteiger partial charge in [-0.05, 0) is 30.3 Å². The van der Waals surface area contributed by atoms with Gasteiger partial charge in [0.2, 0.25) is 0 Å². The molecule has 0 aromatic heterocycles. The maximum Gasteiger partial charge on any atom is 0.145 e. The Kier molecular flexibility index (Phi) is 3.84. The zero-order valence-corrected chi connectivity index (χ0v) is 11.1. The molecule has 0 atom stereocenters. The van der Waals surface area contributed by atoms with Crippen molar-refractivity contribution < 1.29 is 9.47 Å². The largest absolute Gasteiger partial charge is 0.494 e. The van der Waals surface area contributed by atoms with Gasteiger partial charge in [-0.3, -0.25) is 0 Å². The molecule has 0 amide bonds. The van der Waals surface area contributed by atoms with Gasteiger partial charge in [-0.2, -0.15) is 0 Å². The Balaban J connectivity index is 2.28. The molecule has 0 fully saturated rings. The van der Waals surface area contributed by atoms with Crippen LogP contribution in [0.15, 0.2) is 36.4 Å². The van der Waals surface area contributed by atoms with Crippen molar-refractivity contribution in [2.75, 3.05) is 12.8 Å². The van der Waals surface area contributed by atoms with Crippen LogP contribution in [-0.2, 0) is 0 Å². The minimum Gasteiger partial charge on any atom is -0.494 e. The first-order chi connectivity index (χ1) is 8.58. The van der Waals surface area contributed by atoms with Gasteiger partial charge in [0, 0.05) is 16.1 Å². The van der Waals surface area contributed by atoms with Crippen molar-refractivity contribution in [3.05, 3.63) is 46.4 Å². The van der Waals surface area contributed by atoms with Gasteiger partial charge >= 0.3 is 0 Å². The predicted octanol–water partition coefficient (Wildman–Crippen LogP) is 4.38. The highest BCUT2D eigenvalue weighted by Gasteiger charge is 2.04. The summed E-state index contributed by atoms with van der Waals surface area (Å²) >= 11 is 11.8. The van der Waals surface area contributed by atoms with Crippen LogP contribution in [0.1, 0.15) is 0 Å². The van der Waals surface area contributed by atoms with Crippen LogP contribution in [0.3, 0.4) is 0 Å². The van der Waals surface area contributed by atoms with Crippen molar-refractivity contribution in [3.8, 4) is 17.2 Å². The topological polar surface area (TPSA) is 44.5 Å². The molecule has 5 heteroatoms. The zero-order chi connectivity index (χ0) is 13.1. The molecule has 0 spiro atoms. The van der Waals surface area contributed by atoms with E-state index in [2.05, 4.69) is 0 Å². The van der Waals surface area contributed by atoms with E-state index >= 15 is 0 Å². The molecule has 0 unspecified atom stereocenters. The molecule has 2 aromatic carbocycles. The smallest absolute Gasteiger partial charge is 0.145 e. The summed E-state index contributed by atoms with van der Waals surface area (Å²) in [4.78, 5) is 0. The second-order valence-electron chi connectivity index (χ2n) is 3.61. The van der Waals surface area contributed by atoms with E-state index in [0.717, 1.165) is 0 Å². The third-order valence-corrected chi connectivity index (χ3v) is 2.71. The van der Waals surface area contributed by atoms with Crippen molar-refractivity contribution in [1.29, 1.82) is 0 Å². The van der Waals surface area contributed by atoms with Gasteiger partial charge in [-0.15, -0.1) is 0 Å². The van der Waals surface area contributed by atoms with E-state index in [4.69, 9.17) is 38.4 Å². The van der Waals surface area contributed by atoms with Crippen LogP contribution in [0.5, 0.6) is 17.2 Å². The monoisotopic (exact) mass is 283 g/mol. The molecule has 0 aliphatic rings. The van der Waals surface area contributed by atoms with Crippen molar-refractivity contribution >= 4 is 28.9 Å². The van der Waals surface area contributed by atoms with E-state index in [0.29, 0.717) is 33.0 Å². The molecule has 18 heavy (non-hydrogen) atoms. The molecular weight excluding hydrogens is 273 g/mol. The second kappa shape index (κ2) is 5.38. The lowest BCUT2D eigenvalue weighted by molar-refractivity contribution is 0.411. The number of methoxy groups -OCH3 is 1. The number of rotatable bonds is 3. The molecule has 94 valence electrons. The van der Waals surface area contributed by atoms with Gasteiger partial charge < -0.3 is 15.2 Å². The Morgan fingerprint density at radius 2 is 1.61 bits per heavy atom. The lowest BCUT2D eigenvalue weighted by atomic mass is 10.3. The van der Waals surface area contributed by atoms with Gasteiger partial charge in [0.1, 0.15) is 17.2 Å². The number of nitrogens with two attached hydrogens (primary N) is 1.